The number of aliphatic hydroxyl groups is 3. The lowest BCUT2D eigenvalue weighted by Gasteiger charge is -2.16. The maximum Gasteiger partial charge on any atom is 0.303 e. The molecule has 0 amide bonds. The van der Waals surface area contributed by atoms with Crippen molar-refractivity contribution in [2.24, 2.45) is 0 Å². The number of allylic oxidation sites excluding steroid dienone is 1. The molecule has 0 rings (SSSR count). The lowest BCUT2D eigenvalue weighted by atomic mass is 10.0. The Labute approximate surface area is 140 Å². The van der Waals surface area contributed by atoms with Crippen LogP contribution in [0.1, 0.15) is 77.0 Å². The first-order chi connectivity index (χ1) is 11.1. The second kappa shape index (κ2) is 16.0. The molecule has 0 fully saturated rings. The number of rotatable bonds is 16. The molecule has 0 aromatic carbocycles. The minimum Gasteiger partial charge on any atom is -0.481 e. The lowest BCUT2D eigenvalue weighted by Crippen LogP contribution is -2.25. The van der Waals surface area contributed by atoms with Gasteiger partial charge in [0.05, 0.1) is 12.2 Å². The third kappa shape index (κ3) is 15.8. The Hall–Kier alpha value is -0.910. The van der Waals surface area contributed by atoms with E-state index in [4.69, 9.17) is 10.2 Å². The van der Waals surface area contributed by atoms with Gasteiger partial charge in [-0.05, 0) is 38.5 Å². The molecule has 0 aliphatic carbocycles. The van der Waals surface area contributed by atoms with Crippen LogP contribution in [0, 0.1) is 0 Å². The largest absolute Gasteiger partial charge is 0.481 e. The number of aliphatic hydroxyl groups excluding tert-OH is 3. The van der Waals surface area contributed by atoms with E-state index >= 15 is 0 Å². The van der Waals surface area contributed by atoms with Crippen LogP contribution in [0.5, 0.6) is 0 Å². The summed E-state index contributed by atoms with van der Waals surface area (Å²) in [6.07, 6.45) is 12.1. The third-order valence-electron chi connectivity index (χ3n) is 3.91. The van der Waals surface area contributed by atoms with E-state index in [1.165, 1.54) is 0 Å². The summed E-state index contributed by atoms with van der Waals surface area (Å²) in [5.41, 5.74) is 0. The molecular weight excluding hydrogens is 296 g/mol. The van der Waals surface area contributed by atoms with Gasteiger partial charge in [-0.2, -0.15) is 0 Å². The van der Waals surface area contributed by atoms with E-state index in [2.05, 4.69) is 0 Å². The predicted molar refractivity (Wildman–Crippen MR) is 91.3 cm³/mol. The highest BCUT2D eigenvalue weighted by molar-refractivity contribution is 5.66. The van der Waals surface area contributed by atoms with Crippen molar-refractivity contribution in [1.29, 1.82) is 0 Å². The zero-order valence-electron chi connectivity index (χ0n) is 14.2. The van der Waals surface area contributed by atoms with E-state index in [0.29, 0.717) is 19.3 Å². The van der Waals surface area contributed by atoms with Gasteiger partial charge in [-0.15, -0.1) is 0 Å². The van der Waals surface area contributed by atoms with Crippen LogP contribution in [0.25, 0.3) is 0 Å². The molecule has 0 heterocycles. The SMILES string of the molecule is O=C(O)CCCCCCCC(O)C(O)C/C=C\CCCCCO. The Bertz CT molecular complexity index is 304. The molecule has 0 aliphatic rings. The van der Waals surface area contributed by atoms with Crippen molar-refractivity contribution in [2.45, 2.75) is 89.3 Å². The van der Waals surface area contributed by atoms with Gasteiger partial charge >= 0.3 is 5.97 Å². The van der Waals surface area contributed by atoms with Gasteiger partial charge in [0.25, 0.3) is 0 Å². The van der Waals surface area contributed by atoms with Gasteiger partial charge in [-0.3, -0.25) is 4.79 Å². The van der Waals surface area contributed by atoms with E-state index < -0.39 is 18.2 Å². The number of carbonyl (C=O) groups is 1. The number of unbranched alkanes of at least 4 members (excludes halogenated alkanes) is 7. The first-order valence-corrected chi connectivity index (χ1v) is 8.91. The van der Waals surface area contributed by atoms with Crippen LogP contribution in [-0.2, 0) is 4.79 Å². The van der Waals surface area contributed by atoms with Crippen LogP contribution in [0.2, 0.25) is 0 Å². The minimum atomic E-state index is -0.745. The molecule has 0 aliphatic heterocycles. The van der Waals surface area contributed by atoms with E-state index in [0.717, 1.165) is 51.4 Å². The summed E-state index contributed by atoms with van der Waals surface area (Å²) >= 11 is 0. The molecule has 0 bridgehead atoms. The van der Waals surface area contributed by atoms with Crippen LogP contribution in [0.3, 0.4) is 0 Å². The lowest BCUT2D eigenvalue weighted by molar-refractivity contribution is -0.137. The molecule has 0 spiro atoms. The fourth-order valence-corrected chi connectivity index (χ4v) is 2.41. The third-order valence-corrected chi connectivity index (χ3v) is 3.91. The number of hydrogen-bond donors (Lipinski definition) is 4. The molecule has 0 saturated carbocycles. The Morgan fingerprint density at radius 1 is 0.826 bits per heavy atom. The van der Waals surface area contributed by atoms with Crippen LogP contribution in [-0.4, -0.2) is 45.2 Å². The van der Waals surface area contributed by atoms with Gasteiger partial charge in [0, 0.05) is 13.0 Å². The monoisotopic (exact) mass is 330 g/mol. The van der Waals surface area contributed by atoms with Crippen molar-refractivity contribution in [3.63, 3.8) is 0 Å². The zero-order valence-corrected chi connectivity index (χ0v) is 14.2. The number of carboxylic acids is 1. The second-order valence-electron chi connectivity index (χ2n) is 6.11. The Balaban J connectivity index is 3.49. The van der Waals surface area contributed by atoms with Gasteiger partial charge < -0.3 is 20.4 Å². The highest BCUT2D eigenvalue weighted by Crippen LogP contribution is 2.12. The zero-order chi connectivity index (χ0) is 17.3. The fourth-order valence-electron chi connectivity index (χ4n) is 2.41. The van der Waals surface area contributed by atoms with Crippen molar-refractivity contribution in [3.05, 3.63) is 12.2 Å². The summed E-state index contributed by atoms with van der Waals surface area (Å²) in [5.74, 6) is -0.745. The van der Waals surface area contributed by atoms with Gasteiger partial charge in [0.1, 0.15) is 0 Å². The van der Waals surface area contributed by atoms with Crippen molar-refractivity contribution in [1.82, 2.24) is 0 Å². The molecule has 0 aromatic rings. The molecule has 2 atom stereocenters. The van der Waals surface area contributed by atoms with Gasteiger partial charge in [-0.25, -0.2) is 0 Å². The molecule has 23 heavy (non-hydrogen) atoms. The maximum absolute atomic E-state index is 10.3. The van der Waals surface area contributed by atoms with Gasteiger partial charge in [-0.1, -0.05) is 44.3 Å². The Kier molecular flexibility index (Phi) is 15.3. The summed E-state index contributed by atoms with van der Waals surface area (Å²) in [4.78, 5) is 10.3. The summed E-state index contributed by atoms with van der Waals surface area (Å²) in [6, 6.07) is 0. The average Bonchev–Trinajstić information content (AvgIpc) is 2.52. The smallest absolute Gasteiger partial charge is 0.303 e. The average molecular weight is 330 g/mol. The standard InChI is InChI=1S/C18H34O5/c19-15-11-7-2-1-4-8-12-16(20)17(21)13-9-5-3-6-10-14-18(22)23/h4,8,16-17,19-21H,1-3,5-7,9-15H2,(H,22,23)/b8-4-. The van der Waals surface area contributed by atoms with Gasteiger partial charge in [0.2, 0.25) is 0 Å². The van der Waals surface area contributed by atoms with E-state index in [9.17, 15) is 15.0 Å². The Morgan fingerprint density at radius 3 is 2.17 bits per heavy atom. The van der Waals surface area contributed by atoms with E-state index in [1.54, 1.807) is 0 Å². The van der Waals surface area contributed by atoms with Crippen LogP contribution in [0.4, 0.5) is 0 Å². The number of carboxylic acid groups (broad SMARTS) is 1. The molecule has 0 aromatic heterocycles. The van der Waals surface area contributed by atoms with Crippen molar-refractivity contribution in [3.8, 4) is 0 Å². The van der Waals surface area contributed by atoms with E-state index in [-0.39, 0.29) is 13.0 Å². The molecule has 136 valence electrons. The fraction of sp³-hybridized carbons (Fsp3) is 0.833. The summed E-state index contributed by atoms with van der Waals surface area (Å²) < 4.78 is 0. The van der Waals surface area contributed by atoms with Crippen LogP contribution < -0.4 is 0 Å². The second-order valence-corrected chi connectivity index (χ2v) is 6.11. The highest BCUT2D eigenvalue weighted by atomic mass is 16.4. The first kappa shape index (κ1) is 22.1. The predicted octanol–water partition coefficient (Wildman–Crippen LogP) is 3.02. The molecule has 0 radical (unpaired) electrons. The topological polar surface area (TPSA) is 98.0 Å². The van der Waals surface area contributed by atoms with E-state index in [1.807, 2.05) is 12.2 Å². The Morgan fingerprint density at radius 2 is 1.48 bits per heavy atom. The molecule has 0 saturated heterocycles. The van der Waals surface area contributed by atoms with Gasteiger partial charge in [0.15, 0.2) is 0 Å². The maximum atomic E-state index is 10.3. The summed E-state index contributed by atoms with van der Waals surface area (Å²) in [7, 11) is 0. The first-order valence-electron chi connectivity index (χ1n) is 8.91. The molecular formula is C18H34O5. The normalized spacial score (nSPS) is 14.2. The number of aliphatic carboxylic acids is 1. The molecule has 4 N–H and O–H groups in total. The molecule has 5 nitrogen and oxygen atoms in total. The van der Waals surface area contributed by atoms with Crippen LogP contribution >= 0.6 is 0 Å². The molecule has 5 heteroatoms. The quantitative estimate of drug-likeness (QED) is 0.258. The van der Waals surface area contributed by atoms with Crippen molar-refractivity contribution < 1.29 is 25.2 Å². The number of hydrogen-bond acceptors (Lipinski definition) is 4. The minimum absolute atomic E-state index is 0.230. The van der Waals surface area contributed by atoms with Crippen LogP contribution in [0.15, 0.2) is 12.2 Å². The molecule has 2 unspecified atom stereocenters. The van der Waals surface area contributed by atoms with Crippen molar-refractivity contribution >= 4 is 5.97 Å². The summed E-state index contributed by atoms with van der Waals surface area (Å²) in [5, 5.41) is 36.9. The summed E-state index contributed by atoms with van der Waals surface area (Å²) in [6.45, 7) is 0.244. The highest BCUT2D eigenvalue weighted by Gasteiger charge is 2.13. The van der Waals surface area contributed by atoms with Crippen molar-refractivity contribution in [2.75, 3.05) is 6.61 Å².